The Balaban J connectivity index is 0.00000544. The molecule has 0 radical (unpaired) electrons. The first-order valence-corrected chi connectivity index (χ1v) is 14.4. The molecule has 0 bridgehead atoms. The third kappa shape index (κ3) is 11.7. The van der Waals surface area contributed by atoms with Gasteiger partial charge >= 0.3 is 29.6 Å². The second kappa shape index (κ2) is 17.1. The van der Waals surface area contributed by atoms with Crippen molar-refractivity contribution < 1.29 is 42.5 Å². The second-order valence-corrected chi connectivity index (χ2v) is 10.7. The molecule has 0 saturated carbocycles. The Morgan fingerprint density at radius 1 is 0.636 bits per heavy atom. The topological polar surface area (TPSA) is 57.2 Å². The van der Waals surface area contributed by atoms with Crippen LogP contribution in [0.2, 0.25) is 0 Å². The van der Waals surface area contributed by atoms with Crippen molar-refractivity contribution in [2.75, 3.05) is 0 Å². The Morgan fingerprint density at radius 2 is 1.15 bits per heavy atom. The van der Waals surface area contributed by atoms with E-state index in [-0.39, 0.29) is 34.5 Å². The van der Waals surface area contributed by atoms with Crippen molar-refractivity contribution in [3.05, 3.63) is 41.5 Å². The van der Waals surface area contributed by atoms with Crippen LogP contribution >= 0.6 is 0 Å². The quantitative estimate of drug-likeness (QED) is 0.174. The van der Waals surface area contributed by atoms with Gasteiger partial charge in [0.15, 0.2) is 0 Å². The van der Waals surface area contributed by atoms with Crippen molar-refractivity contribution in [1.82, 2.24) is 0 Å². The summed E-state index contributed by atoms with van der Waals surface area (Å²) >= 11 is 0. The Kier molecular flexibility index (Phi) is 15.9. The average molecular weight is 483 g/mol. The maximum absolute atomic E-state index is 11.9. The second-order valence-electron chi connectivity index (χ2n) is 9.34. The zero-order valence-electron chi connectivity index (χ0n) is 21.3. The van der Waals surface area contributed by atoms with E-state index in [1.54, 1.807) is 6.07 Å². The third-order valence-corrected chi connectivity index (χ3v) is 7.39. The summed E-state index contributed by atoms with van der Waals surface area (Å²) < 4.78 is 35.7. The minimum atomic E-state index is -4.47. The van der Waals surface area contributed by atoms with Gasteiger partial charge in [0, 0.05) is 0 Å². The van der Waals surface area contributed by atoms with Gasteiger partial charge in [0.25, 0.3) is 0 Å². The Bertz CT molecular complexity index is 909. The summed E-state index contributed by atoms with van der Waals surface area (Å²) in [7, 11) is -4.47. The SMILES string of the molecule is CCCCCCCCCc1ccc2cc(S(=O)(=O)[O-])c(CCCCCCCCC)cc2c1.[Na+]. The average Bonchev–Trinajstić information content (AvgIpc) is 2.76. The van der Waals surface area contributed by atoms with Crippen LogP contribution in [-0.4, -0.2) is 13.0 Å². The molecule has 2 aromatic carbocycles. The van der Waals surface area contributed by atoms with Crippen LogP contribution in [0.4, 0.5) is 0 Å². The molecule has 0 unspecified atom stereocenters. The summed E-state index contributed by atoms with van der Waals surface area (Å²) in [6.45, 7) is 4.46. The smallest absolute Gasteiger partial charge is 0.744 e. The van der Waals surface area contributed by atoms with Crippen LogP contribution in [-0.2, 0) is 23.0 Å². The van der Waals surface area contributed by atoms with Crippen molar-refractivity contribution >= 4 is 20.9 Å². The van der Waals surface area contributed by atoms with Gasteiger partial charge in [-0.2, -0.15) is 0 Å². The summed E-state index contributed by atoms with van der Waals surface area (Å²) in [6, 6.07) is 9.77. The first-order valence-electron chi connectivity index (χ1n) is 13.0. The van der Waals surface area contributed by atoms with E-state index in [2.05, 4.69) is 26.0 Å². The molecule has 0 amide bonds. The van der Waals surface area contributed by atoms with Crippen LogP contribution < -0.4 is 29.6 Å². The molecular formula is C28H43NaO3S. The predicted octanol–water partition coefficient (Wildman–Crippen LogP) is 5.33. The molecule has 0 atom stereocenters. The molecule has 3 nitrogen and oxygen atoms in total. The first kappa shape index (κ1) is 30.6. The third-order valence-electron chi connectivity index (χ3n) is 6.47. The largest absolute Gasteiger partial charge is 1.00 e. The van der Waals surface area contributed by atoms with Crippen LogP contribution in [0.1, 0.15) is 115 Å². The Labute approximate surface area is 225 Å². The fourth-order valence-corrected chi connectivity index (χ4v) is 5.27. The van der Waals surface area contributed by atoms with Gasteiger partial charge < -0.3 is 4.55 Å². The number of hydrogen-bond donors (Lipinski definition) is 0. The molecule has 33 heavy (non-hydrogen) atoms. The standard InChI is InChI=1S/C28H44O3S.Na/c1-3-5-7-9-11-13-15-17-24-19-20-25-23-28(32(29,30)31)26(22-27(25)21-24)18-16-14-12-10-8-6-4-2;/h19-23H,3-18H2,1-2H3,(H,29,30,31);/q;+1/p-1. The molecule has 0 spiro atoms. The van der Waals surface area contributed by atoms with Crippen molar-refractivity contribution in [2.24, 2.45) is 0 Å². The first-order chi connectivity index (χ1) is 15.5. The van der Waals surface area contributed by atoms with Gasteiger partial charge in [-0.05, 0) is 59.7 Å². The molecular weight excluding hydrogens is 439 g/mol. The normalized spacial score (nSPS) is 11.6. The van der Waals surface area contributed by atoms with E-state index < -0.39 is 10.1 Å². The molecule has 0 heterocycles. The Morgan fingerprint density at radius 3 is 1.70 bits per heavy atom. The van der Waals surface area contributed by atoms with Crippen molar-refractivity contribution in [2.45, 2.75) is 121 Å². The molecule has 0 aliphatic carbocycles. The molecule has 0 aromatic heterocycles. The number of hydrogen-bond acceptors (Lipinski definition) is 3. The van der Waals surface area contributed by atoms with Crippen LogP contribution in [0, 0.1) is 0 Å². The van der Waals surface area contributed by atoms with Crippen LogP contribution in [0.25, 0.3) is 10.8 Å². The van der Waals surface area contributed by atoms with E-state index in [1.807, 2.05) is 12.1 Å². The molecule has 180 valence electrons. The summed E-state index contributed by atoms with van der Waals surface area (Å²) in [5, 5.41) is 1.89. The van der Waals surface area contributed by atoms with Gasteiger partial charge in [-0.1, -0.05) is 109 Å². The van der Waals surface area contributed by atoms with Gasteiger partial charge in [0.2, 0.25) is 0 Å². The Hall–Kier alpha value is -0.390. The van der Waals surface area contributed by atoms with Gasteiger partial charge in [0.05, 0.1) is 4.90 Å². The van der Waals surface area contributed by atoms with Crippen molar-refractivity contribution in [1.29, 1.82) is 0 Å². The zero-order chi connectivity index (χ0) is 23.2. The van der Waals surface area contributed by atoms with Crippen LogP contribution in [0.15, 0.2) is 35.2 Å². The van der Waals surface area contributed by atoms with E-state index in [0.717, 1.165) is 30.0 Å². The minimum absolute atomic E-state index is 0. The minimum Gasteiger partial charge on any atom is -0.744 e. The zero-order valence-corrected chi connectivity index (χ0v) is 24.1. The summed E-state index contributed by atoms with van der Waals surface area (Å²) in [4.78, 5) is -0.0317. The molecule has 2 aromatic rings. The molecule has 0 fully saturated rings. The number of aryl methyl sites for hydroxylation is 2. The maximum Gasteiger partial charge on any atom is 1.00 e. The van der Waals surface area contributed by atoms with E-state index in [4.69, 9.17) is 0 Å². The van der Waals surface area contributed by atoms with Gasteiger partial charge in [-0.25, -0.2) is 8.42 Å². The molecule has 0 saturated heterocycles. The van der Waals surface area contributed by atoms with Gasteiger partial charge in [-0.15, -0.1) is 0 Å². The van der Waals surface area contributed by atoms with E-state index in [0.29, 0.717) is 12.0 Å². The van der Waals surface area contributed by atoms with Crippen LogP contribution in [0.5, 0.6) is 0 Å². The molecule has 2 rings (SSSR count). The summed E-state index contributed by atoms with van der Waals surface area (Å²) in [5.74, 6) is 0. The van der Waals surface area contributed by atoms with Crippen LogP contribution in [0.3, 0.4) is 0 Å². The van der Waals surface area contributed by atoms with Gasteiger partial charge in [0.1, 0.15) is 10.1 Å². The molecule has 5 heteroatoms. The number of rotatable bonds is 17. The molecule has 0 aliphatic heterocycles. The number of fused-ring (bicyclic) bond motifs is 1. The van der Waals surface area contributed by atoms with Gasteiger partial charge in [-0.3, -0.25) is 0 Å². The summed E-state index contributed by atoms with van der Waals surface area (Å²) in [5.41, 5.74) is 1.99. The van der Waals surface area contributed by atoms with E-state index in [1.165, 1.54) is 82.6 Å². The predicted molar refractivity (Wildman–Crippen MR) is 135 cm³/mol. The molecule has 0 aliphatic rings. The fraction of sp³-hybridized carbons (Fsp3) is 0.643. The van der Waals surface area contributed by atoms with Crippen molar-refractivity contribution in [3.8, 4) is 0 Å². The summed E-state index contributed by atoms with van der Waals surface area (Å²) in [6.07, 6.45) is 19.0. The van der Waals surface area contributed by atoms with E-state index in [9.17, 15) is 13.0 Å². The van der Waals surface area contributed by atoms with E-state index >= 15 is 0 Å². The number of unbranched alkanes of at least 4 members (excludes halogenated alkanes) is 12. The van der Waals surface area contributed by atoms with Crippen molar-refractivity contribution in [3.63, 3.8) is 0 Å². The monoisotopic (exact) mass is 482 g/mol. The number of benzene rings is 2. The molecule has 0 N–H and O–H groups in total. The fourth-order valence-electron chi connectivity index (χ4n) is 4.52. The maximum atomic E-state index is 11.9.